The van der Waals surface area contributed by atoms with E-state index in [2.05, 4.69) is 21.2 Å². The first-order chi connectivity index (χ1) is 14.7. The Hall–Kier alpha value is -3.39. The van der Waals surface area contributed by atoms with Crippen LogP contribution in [0.3, 0.4) is 0 Å². The molecule has 7 nitrogen and oxygen atoms in total. The first kappa shape index (κ1) is 22.3. The second kappa shape index (κ2) is 9.61. The summed E-state index contributed by atoms with van der Waals surface area (Å²) in [7, 11) is 1.46. The van der Waals surface area contributed by atoms with Gasteiger partial charge in [-0.2, -0.15) is 0 Å². The third kappa shape index (κ3) is 5.82. The number of nitrogens with one attached hydrogen (secondary N) is 1. The van der Waals surface area contributed by atoms with Crippen molar-refractivity contribution in [3.05, 3.63) is 70.2 Å². The van der Waals surface area contributed by atoms with Crippen LogP contribution in [0, 0.1) is 6.92 Å². The number of amides is 2. The number of fused-ring (bicyclic) bond motifs is 1. The normalized spacial score (nSPS) is 10.5. The van der Waals surface area contributed by atoms with E-state index in [1.165, 1.54) is 18.0 Å². The smallest absolute Gasteiger partial charge is 0.338 e. The molecule has 3 rings (SSSR count). The van der Waals surface area contributed by atoms with Gasteiger partial charge in [0, 0.05) is 17.2 Å². The van der Waals surface area contributed by atoms with E-state index in [1.54, 1.807) is 36.4 Å². The van der Waals surface area contributed by atoms with Crippen molar-refractivity contribution in [2.45, 2.75) is 6.92 Å². The highest BCUT2D eigenvalue weighted by Gasteiger charge is 2.17. The van der Waals surface area contributed by atoms with Crippen LogP contribution in [0.15, 0.2) is 59.1 Å². The molecule has 0 heterocycles. The minimum Gasteiger partial charge on any atom is -0.508 e. The van der Waals surface area contributed by atoms with Gasteiger partial charge in [0.15, 0.2) is 6.61 Å². The maximum Gasteiger partial charge on any atom is 0.338 e. The maximum atomic E-state index is 12.3. The van der Waals surface area contributed by atoms with Crippen molar-refractivity contribution in [1.29, 1.82) is 0 Å². The number of hydrogen-bond acceptors (Lipinski definition) is 5. The van der Waals surface area contributed by atoms with E-state index in [0.29, 0.717) is 5.69 Å². The van der Waals surface area contributed by atoms with Crippen LogP contribution in [0.1, 0.15) is 15.9 Å². The lowest BCUT2D eigenvalue weighted by Crippen LogP contribution is -2.37. The number of rotatable bonds is 6. The third-order valence-corrected chi connectivity index (χ3v) is 5.15. The number of hydrogen-bond donors (Lipinski definition) is 2. The summed E-state index contributed by atoms with van der Waals surface area (Å²) in [5.74, 6) is -1.37. The fourth-order valence-corrected chi connectivity index (χ4v) is 3.42. The predicted molar refractivity (Wildman–Crippen MR) is 121 cm³/mol. The average molecular weight is 485 g/mol. The van der Waals surface area contributed by atoms with Gasteiger partial charge in [0.25, 0.3) is 5.91 Å². The summed E-state index contributed by atoms with van der Waals surface area (Å²) in [6.45, 7) is 1.21. The van der Waals surface area contributed by atoms with Crippen LogP contribution in [-0.2, 0) is 14.3 Å². The molecule has 0 bridgehead atoms. The van der Waals surface area contributed by atoms with Gasteiger partial charge in [0.2, 0.25) is 5.91 Å². The van der Waals surface area contributed by atoms with Crippen LogP contribution < -0.4 is 5.32 Å². The van der Waals surface area contributed by atoms with Crippen molar-refractivity contribution in [2.24, 2.45) is 0 Å². The Morgan fingerprint density at radius 2 is 1.74 bits per heavy atom. The standard InChI is InChI=1S/C23H21BrN2O5/c1-14-9-18(24)6-8-20(14)25-21(28)12-26(2)22(29)13-31-23(30)17-4-3-16-11-19(27)7-5-15(16)10-17/h3-11,27H,12-13H2,1-2H3,(H,25,28). The number of carbonyl (C=O) groups excluding carboxylic acids is 3. The van der Waals surface area contributed by atoms with E-state index >= 15 is 0 Å². The van der Waals surface area contributed by atoms with Gasteiger partial charge >= 0.3 is 5.97 Å². The highest BCUT2D eigenvalue weighted by atomic mass is 79.9. The monoisotopic (exact) mass is 484 g/mol. The van der Waals surface area contributed by atoms with Gasteiger partial charge in [-0.15, -0.1) is 0 Å². The molecule has 3 aromatic rings. The molecule has 31 heavy (non-hydrogen) atoms. The molecular weight excluding hydrogens is 464 g/mol. The van der Waals surface area contributed by atoms with Gasteiger partial charge in [-0.05, 0) is 65.7 Å². The van der Waals surface area contributed by atoms with Gasteiger partial charge in [0.05, 0.1) is 12.1 Å². The summed E-state index contributed by atoms with van der Waals surface area (Å²) >= 11 is 3.37. The molecule has 3 aromatic carbocycles. The van der Waals surface area contributed by atoms with Crippen LogP contribution in [0.5, 0.6) is 5.75 Å². The fourth-order valence-electron chi connectivity index (χ4n) is 2.94. The van der Waals surface area contributed by atoms with Gasteiger partial charge in [-0.1, -0.05) is 28.1 Å². The van der Waals surface area contributed by atoms with Crippen molar-refractivity contribution in [2.75, 3.05) is 25.5 Å². The number of phenols is 1. The van der Waals surface area contributed by atoms with Gasteiger partial charge < -0.3 is 20.1 Å². The van der Waals surface area contributed by atoms with Crippen LogP contribution in [0.4, 0.5) is 5.69 Å². The molecule has 0 radical (unpaired) electrons. The van der Waals surface area contributed by atoms with Crippen LogP contribution in [0.25, 0.3) is 10.8 Å². The summed E-state index contributed by atoms with van der Waals surface area (Å²) in [5, 5.41) is 13.8. The molecule has 0 aliphatic heterocycles. The average Bonchev–Trinajstić information content (AvgIpc) is 2.73. The number of ether oxygens (including phenoxy) is 1. The van der Waals surface area contributed by atoms with Crippen molar-refractivity contribution in [1.82, 2.24) is 4.90 Å². The molecule has 8 heteroatoms. The number of phenolic OH excluding ortho intramolecular Hbond substituents is 1. The quantitative estimate of drug-likeness (QED) is 0.517. The first-order valence-electron chi connectivity index (χ1n) is 9.43. The molecule has 2 amide bonds. The van der Waals surface area contributed by atoms with Crippen molar-refractivity contribution in [3.8, 4) is 5.75 Å². The van der Waals surface area contributed by atoms with E-state index in [-0.39, 0.29) is 23.8 Å². The molecule has 0 aliphatic carbocycles. The van der Waals surface area contributed by atoms with E-state index in [4.69, 9.17) is 4.74 Å². The van der Waals surface area contributed by atoms with E-state index in [9.17, 15) is 19.5 Å². The molecule has 0 fully saturated rings. The molecule has 0 unspecified atom stereocenters. The SMILES string of the molecule is Cc1cc(Br)ccc1NC(=O)CN(C)C(=O)COC(=O)c1ccc2cc(O)ccc2c1. The lowest BCUT2D eigenvalue weighted by molar-refractivity contribution is -0.136. The zero-order valence-corrected chi connectivity index (χ0v) is 18.6. The Kier molecular flexibility index (Phi) is 6.91. The second-order valence-electron chi connectivity index (χ2n) is 7.08. The third-order valence-electron chi connectivity index (χ3n) is 4.66. The molecule has 160 valence electrons. The molecule has 0 spiro atoms. The topological polar surface area (TPSA) is 95.9 Å². The number of likely N-dealkylation sites (N-methyl/N-ethyl adjacent to an activating group) is 1. The number of carbonyl (C=O) groups is 3. The number of anilines is 1. The molecule has 2 N–H and O–H groups in total. The number of aryl methyl sites for hydroxylation is 1. The van der Waals surface area contributed by atoms with Crippen LogP contribution >= 0.6 is 15.9 Å². The number of nitrogens with zero attached hydrogens (tertiary/aromatic N) is 1. The highest BCUT2D eigenvalue weighted by Crippen LogP contribution is 2.22. The minimum absolute atomic E-state index is 0.135. The lowest BCUT2D eigenvalue weighted by atomic mass is 10.1. The van der Waals surface area contributed by atoms with Gasteiger partial charge in [-0.3, -0.25) is 9.59 Å². The van der Waals surface area contributed by atoms with E-state index in [0.717, 1.165) is 20.8 Å². The molecular formula is C23H21BrN2O5. The summed E-state index contributed by atoms with van der Waals surface area (Å²) in [6.07, 6.45) is 0. The Bertz CT molecular complexity index is 1160. The largest absolute Gasteiger partial charge is 0.508 e. The van der Waals surface area contributed by atoms with Crippen molar-refractivity contribution in [3.63, 3.8) is 0 Å². The van der Waals surface area contributed by atoms with Gasteiger partial charge in [-0.25, -0.2) is 4.79 Å². The second-order valence-corrected chi connectivity index (χ2v) is 8.00. The summed E-state index contributed by atoms with van der Waals surface area (Å²) in [4.78, 5) is 38.0. The number of esters is 1. The van der Waals surface area contributed by atoms with E-state index in [1.807, 2.05) is 19.1 Å². The Balaban J connectivity index is 1.53. The summed E-state index contributed by atoms with van der Waals surface area (Å²) in [5.41, 5.74) is 1.83. The number of benzene rings is 3. The number of aromatic hydroxyl groups is 1. The lowest BCUT2D eigenvalue weighted by Gasteiger charge is -2.17. The molecule has 0 aromatic heterocycles. The zero-order valence-electron chi connectivity index (χ0n) is 17.0. The fraction of sp³-hybridized carbons (Fsp3) is 0.174. The maximum absolute atomic E-state index is 12.3. The predicted octanol–water partition coefficient (Wildman–Crippen LogP) is 3.87. The molecule has 0 saturated heterocycles. The molecule has 0 saturated carbocycles. The van der Waals surface area contributed by atoms with Crippen LogP contribution in [-0.4, -0.2) is 48.0 Å². The molecule has 0 atom stereocenters. The van der Waals surface area contributed by atoms with Crippen LogP contribution in [0.2, 0.25) is 0 Å². The van der Waals surface area contributed by atoms with Crippen molar-refractivity contribution >= 4 is 50.2 Å². The van der Waals surface area contributed by atoms with Crippen molar-refractivity contribution < 1.29 is 24.2 Å². The first-order valence-corrected chi connectivity index (χ1v) is 10.2. The van der Waals surface area contributed by atoms with Gasteiger partial charge in [0.1, 0.15) is 5.75 Å². The Labute approximate surface area is 187 Å². The Morgan fingerprint density at radius 3 is 2.48 bits per heavy atom. The summed E-state index contributed by atoms with van der Waals surface area (Å²) < 4.78 is 6.00. The minimum atomic E-state index is -0.647. The highest BCUT2D eigenvalue weighted by molar-refractivity contribution is 9.10. The summed E-state index contributed by atoms with van der Waals surface area (Å²) in [6, 6.07) is 15.1. The zero-order chi connectivity index (χ0) is 22.5. The van der Waals surface area contributed by atoms with E-state index < -0.39 is 18.5 Å². The number of halogens is 1. The Morgan fingerprint density at radius 1 is 1.03 bits per heavy atom. The molecule has 0 aliphatic rings.